The van der Waals surface area contributed by atoms with Crippen molar-refractivity contribution in [1.82, 2.24) is 10.2 Å². The van der Waals surface area contributed by atoms with Crippen LogP contribution in [0.5, 0.6) is 0 Å². The molecule has 0 saturated carbocycles. The van der Waals surface area contributed by atoms with Crippen LogP contribution in [0.3, 0.4) is 0 Å². The fraction of sp³-hybridized carbons (Fsp3) is 0.619. The lowest BCUT2D eigenvalue weighted by atomic mass is 9.96. The van der Waals surface area contributed by atoms with Crippen molar-refractivity contribution in [2.75, 3.05) is 20.3 Å². The van der Waals surface area contributed by atoms with Gasteiger partial charge in [0.05, 0.1) is 18.8 Å². The van der Waals surface area contributed by atoms with Gasteiger partial charge in [-0.05, 0) is 62.8 Å². The van der Waals surface area contributed by atoms with E-state index in [2.05, 4.69) is 10.2 Å². The number of methoxy groups -OCH3 is 1. The number of hydrogen-bond donors (Lipinski definition) is 1. The highest BCUT2D eigenvalue weighted by Crippen LogP contribution is 2.36. The van der Waals surface area contributed by atoms with Crippen LogP contribution in [0.25, 0.3) is 0 Å². The van der Waals surface area contributed by atoms with Gasteiger partial charge < -0.3 is 14.8 Å². The molecule has 27 heavy (non-hydrogen) atoms. The second kappa shape index (κ2) is 7.98. The van der Waals surface area contributed by atoms with E-state index in [1.165, 1.54) is 32.8 Å². The number of rotatable bonds is 5. The summed E-state index contributed by atoms with van der Waals surface area (Å²) in [6.45, 7) is 1.95. The molecule has 4 rings (SSSR count). The summed E-state index contributed by atoms with van der Waals surface area (Å²) in [6, 6.07) is 7.96. The zero-order valence-electron chi connectivity index (χ0n) is 15.9. The Morgan fingerprint density at radius 2 is 1.78 bits per heavy atom. The first-order valence-electron chi connectivity index (χ1n) is 10.0. The fourth-order valence-electron chi connectivity index (χ4n) is 4.86. The highest BCUT2D eigenvalue weighted by molar-refractivity contribution is 5.96. The zero-order valence-corrected chi connectivity index (χ0v) is 15.9. The molecule has 1 amide bonds. The number of esters is 1. The van der Waals surface area contributed by atoms with Gasteiger partial charge in [0.1, 0.15) is 0 Å². The summed E-state index contributed by atoms with van der Waals surface area (Å²) in [6.07, 6.45) is 7.21. The molecule has 3 fully saturated rings. The normalized spacial score (nSPS) is 30.3. The monoisotopic (exact) mass is 372 g/mol. The standard InChI is InChI=1S/C21H28N2O4/c1-26-21(25)15-6-4-14(5-7-15)20(24)22-16-11-17-8-9-18(12-16)23(17)13-19-3-2-10-27-19/h4-7,16-19H,2-3,8-13H2,1H3,(H,22,24). The molecule has 2 bridgehead atoms. The lowest BCUT2D eigenvalue weighted by molar-refractivity contribution is 0.0332. The number of amides is 1. The van der Waals surface area contributed by atoms with Crippen LogP contribution in [0, 0.1) is 0 Å². The van der Waals surface area contributed by atoms with Gasteiger partial charge in [-0.2, -0.15) is 0 Å². The Morgan fingerprint density at radius 1 is 1.11 bits per heavy atom. The average Bonchev–Trinajstić information content (AvgIpc) is 3.28. The van der Waals surface area contributed by atoms with Crippen LogP contribution < -0.4 is 5.32 Å². The predicted molar refractivity (Wildman–Crippen MR) is 101 cm³/mol. The molecule has 1 aromatic rings. The smallest absolute Gasteiger partial charge is 0.337 e. The van der Waals surface area contributed by atoms with Crippen molar-refractivity contribution in [3.05, 3.63) is 35.4 Å². The molecule has 3 heterocycles. The van der Waals surface area contributed by atoms with E-state index < -0.39 is 5.97 Å². The Balaban J connectivity index is 1.33. The highest BCUT2D eigenvalue weighted by Gasteiger charge is 2.42. The third-order valence-corrected chi connectivity index (χ3v) is 6.23. The van der Waals surface area contributed by atoms with Crippen LogP contribution >= 0.6 is 0 Å². The first-order valence-corrected chi connectivity index (χ1v) is 10.0. The fourth-order valence-corrected chi connectivity index (χ4v) is 4.86. The molecule has 0 radical (unpaired) electrons. The molecule has 1 N–H and O–H groups in total. The van der Waals surface area contributed by atoms with Gasteiger partial charge in [-0.3, -0.25) is 9.69 Å². The van der Waals surface area contributed by atoms with Gasteiger partial charge in [0.2, 0.25) is 0 Å². The van der Waals surface area contributed by atoms with Crippen molar-refractivity contribution in [2.24, 2.45) is 0 Å². The van der Waals surface area contributed by atoms with Crippen molar-refractivity contribution in [3.8, 4) is 0 Å². The number of carbonyl (C=O) groups excluding carboxylic acids is 2. The topological polar surface area (TPSA) is 67.9 Å². The lowest BCUT2D eigenvalue weighted by Crippen LogP contribution is -2.52. The van der Waals surface area contributed by atoms with Crippen LogP contribution in [0.4, 0.5) is 0 Å². The van der Waals surface area contributed by atoms with Crippen LogP contribution in [0.2, 0.25) is 0 Å². The van der Waals surface area contributed by atoms with E-state index >= 15 is 0 Å². The maximum absolute atomic E-state index is 12.6. The number of hydrogen-bond acceptors (Lipinski definition) is 5. The van der Waals surface area contributed by atoms with Crippen LogP contribution in [-0.4, -0.2) is 61.3 Å². The summed E-state index contributed by atoms with van der Waals surface area (Å²) in [5, 5.41) is 3.20. The second-order valence-corrected chi connectivity index (χ2v) is 7.93. The van der Waals surface area contributed by atoms with Gasteiger partial charge >= 0.3 is 5.97 Å². The summed E-state index contributed by atoms with van der Waals surface area (Å²) in [5.41, 5.74) is 1.03. The Labute approximate surface area is 160 Å². The van der Waals surface area contributed by atoms with Crippen LogP contribution in [-0.2, 0) is 9.47 Å². The number of carbonyl (C=O) groups is 2. The van der Waals surface area contributed by atoms with E-state index in [4.69, 9.17) is 9.47 Å². The Bertz CT molecular complexity index is 670. The van der Waals surface area contributed by atoms with Crippen LogP contribution in [0.15, 0.2) is 24.3 Å². The summed E-state index contributed by atoms with van der Waals surface area (Å²) >= 11 is 0. The first-order chi connectivity index (χ1) is 13.1. The van der Waals surface area contributed by atoms with E-state index in [1.54, 1.807) is 24.3 Å². The highest BCUT2D eigenvalue weighted by atomic mass is 16.5. The summed E-state index contributed by atoms with van der Waals surface area (Å²) in [5.74, 6) is -0.458. The predicted octanol–water partition coefficient (Wildman–Crippen LogP) is 2.38. The second-order valence-electron chi connectivity index (χ2n) is 7.93. The molecule has 1 aromatic carbocycles. The van der Waals surface area contributed by atoms with E-state index in [0.29, 0.717) is 29.3 Å². The van der Waals surface area contributed by atoms with E-state index in [1.807, 2.05) is 0 Å². The minimum atomic E-state index is -0.392. The number of benzene rings is 1. The molecule has 146 valence electrons. The Hall–Kier alpha value is -1.92. The maximum atomic E-state index is 12.6. The van der Waals surface area contributed by atoms with E-state index in [0.717, 1.165) is 26.0 Å². The third-order valence-electron chi connectivity index (χ3n) is 6.23. The molecule has 3 atom stereocenters. The maximum Gasteiger partial charge on any atom is 0.337 e. The molecule has 3 aliphatic heterocycles. The lowest BCUT2D eigenvalue weighted by Gasteiger charge is -2.40. The number of piperidine rings is 1. The molecule has 3 saturated heterocycles. The first kappa shape index (κ1) is 18.4. The Morgan fingerprint density at radius 3 is 2.37 bits per heavy atom. The zero-order chi connectivity index (χ0) is 18.8. The number of ether oxygens (including phenoxy) is 2. The minimum absolute atomic E-state index is 0.0663. The van der Waals surface area contributed by atoms with Crippen molar-refractivity contribution in [1.29, 1.82) is 0 Å². The van der Waals surface area contributed by atoms with Gasteiger partial charge in [0.25, 0.3) is 5.91 Å². The average molecular weight is 372 g/mol. The van der Waals surface area contributed by atoms with Gasteiger partial charge in [-0.15, -0.1) is 0 Å². The van der Waals surface area contributed by atoms with E-state index in [-0.39, 0.29) is 11.9 Å². The molecule has 0 aromatic heterocycles. The number of fused-ring (bicyclic) bond motifs is 2. The quantitative estimate of drug-likeness (QED) is 0.804. The van der Waals surface area contributed by atoms with Gasteiger partial charge in [-0.1, -0.05) is 0 Å². The molecular formula is C21H28N2O4. The Kier molecular flexibility index (Phi) is 5.45. The van der Waals surface area contributed by atoms with Crippen LogP contribution in [0.1, 0.15) is 59.2 Å². The molecule has 3 unspecified atom stereocenters. The largest absolute Gasteiger partial charge is 0.465 e. The van der Waals surface area contributed by atoms with Crippen molar-refractivity contribution in [3.63, 3.8) is 0 Å². The van der Waals surface area contributed by atoms with Crippen molar-refractivity contribution >= 4 is 11.9 Å². The van der Waals surface area contributed by atoms with Crippen molar-refractivity contribution < 1.29 is 19.1 Å². The minimum Gasteiger partial charge on any atom is -0.465 e. The van der Waals surface area contributed by atoms with E-state index in [9.17, 15) is 9.59 Å². The molecular weight excluding hydrogens is 344 g/mol. The van der Waals surface area contributed by atoms with Gasteiger partial charge in [0.15, 0.2) is 0 Å². The summed E-state index contributed by atoms with van der Waals surface area (Å²) in [7, 11) is 1.35. The van der Waals surface area contributed by atoms with Crippen molar-refractivity contribution in [2.45, 2.75) is 62.8 Å². The summed E-state index contributed by atoms with van der Waals surface area (Å²) in [4.78, 5) is 26.7. The number of nitrogens with zero attached hydrogens (tertiary/aromatic N) is 1. The van der Waals surface area contributed by atoms with Gasteiger partial charge in [-0.25, -0.2) is 4.79 Å². The molecule has 3 aliphatic rings. The molecule has 6 nitrogen and oxygen atoms in total. The van der Waals surface area contributed by atoms with Gasteiger partial charge in [0, 0.05) is 36.8 Å². The SMILES string of the molecule is COC(=O)c1ccc(C(=O)NC2CC3CCC(C2)N3CC2CCCO2)cc1. The molecule has 0 spiro atoms. The third kappa shape index (κ3) is 4.01. The summed E-state index contributed by atoms with van der Waals surface area (Å²) < 4.78 is 10.5. The molecule has 0 aliphatic carbocycles. The number of nitrogens with one attached hydrogen (secondary N) is 1. The molecule has 6 heteroatoms.